The Morgan fingerprint density at radius 3 is 2.50 bits per heavy atom. The van der Waals surface area contributed by atoms with Crippen LogP contribution in [0.25, 0.3) is 0 Å². The maximum Gasteiger partial charge on any atom is 0.166 e. The predicted molar refractivity (Wildman–Crippen MR) is 40.2 cm³/mol. The van der Waals surface area contributed by atoms with Crippen LogP contribution in [0.4, 0.5) is 8.78 Å². The van der Waals surface area contributed by atoms with Crippen LogP contribution < -0.4 is 5.30 Å². The summed E-state index contributed by atoms with van der Waals surface area (Å²) in [6, 6.07) is 4.24. The van der Waals surface area contributed by atoms with E-state index in [1.165, 1.54) is 6.07 Å². The quantitative estimate of drug-likeness (QED) is 0.550. The summed E-state index contributed by atoms with van der Waals surface area (Å²) in [4.78, 5) is 0. The van der Waals surface area contributed by atoms with Gasteiger partial charge < -0.3 is 0 Å². The maximum atomic E-state index is 12.6. The second kappa shape index (κ2) is 3.07. The molecule has 0 aliphatic rings. The third kappa shape index (κ3) is 1.32. The first kappa shape index (κ1) is 7.62. The SMILES string of the molecule is CPc1cccc(F)c1F. The summed E-state index contributed by atoms with van der Waals surface area (Å²) >= 11 is 0. The van der Waals surface area contributed by atoms with Crippen molar-refractivity contribution in [1.82, 2.24) is 0 Å². The number of halogens is 2. The molecule has 0 spiro atoms. The Labute approximate surface area is 60.0 Å². The van der Waals surface area contributed by atoms with Gasteiger partial charge in [-0.05, 0) is 12.7 Å². The van der Waals surface area contributed by atoms with E-state index in [4.69, 9.17) is 0 Å². The molecule has 0 amide bonds. The molecule has 0 nitrogen and oxygen atoms in total. The van der Waals surface area contributed by atoms with E-state index in [1.54, 1.807) is 6.07 Å². The van der Waals surface area contributed by atoms with Gasteiger partial charge in [0.25, 0.3) is 0 Å². The molecule has 1 rings (SSSR count). The topological polar surface area (TPSA) is 0 Å². The third-order valence-electron chi connectivity index (χ3n) is 1.22. The number of hydrogen-bond acceptors (Lipinski definition) is 0. The summed E-state index contributed by atoms with van der Waals surface area (Å²) in [5.74, 6) is -1.46. The molecule has 54 valence electrons. The molecule has 0 aliphatic heterocycles. The van der Waals surface area contributed by atoms with E-state index in [9.17, 15) is 8.78 Å². The minimum atomic E-state index is -0.758. The lowest BCUT2D eigenvalue weighted by atomic mass is 10.3. The second-order valence-electron chi connectivity index (χ2n) is 1.85. The van der Waals surface area contributed by atoms with Crippen LogP contribution in [-0.2, 0) is 0 Å². The van der Waals surface area contributed by atoms with Gasteiger partial charge in [-0.15, -0.1) is 0 Å². The average molecular weight is 160 g/mol. The molecule has 0 heterocycles. The number of hydrogen-bond donors (Lipinski definition) is 0. The number of benzene rings is 1. The lowest BCUT2D eigenvalue weighted by Crippen LogP contribution is -2.02. The van der Waals surface area contributed by atoms with E-state index in [0.29, 0.717) is 13.9 Å². The third-order valence-corrected chi connectivity index (χ3v) is 2.15. The van der Waals surface area contributed by atoms with Crippen molar-refractivity contribution in [3.05, 3.63) is 29.8 Å². The highest BCUT2D eigenvalue weighted by Crippen LogP contribution is 2.10. The molecule has 0 aromatic heterocycles. The molecule has 3 heteroatoms. The normalized spacial score (nSPS) is 11.1. The summed E-state index contributed by atoms with van der Waals surface area (Å²) in [6.45, 7) is 1.82. The first-order valence-electron chi connectivity index (χ1n) is 2.87. The van der Waals surface area contributed by atoms with Crippen LogP contribution >= 0.6 is 8.58 Å². The van der Waals surface area contributed by atoms with Crippen molar-refractivity contribution in [3.8, 4) is 0 Å². The van der Waals surface area contributed by atoms with Crippen LogP contribution in [0.3, 0.4) is 0 Å². The van der Waals surface area contributed by atoms with Crippen LogP contribution in [0.1, 0.15) is 0 Å². The van der Waals surface area contributed by atoms with E-state index in [0.717, 1.165) is 6.07 Å². The average Bonchev–Trinajstić information content (AvgIpc) is 1.95. The molecule has 1 atom stereocenters. The standard InChI is InChI=1S/C7H7F2P/c1-10-6-4-2-3-5(8)7(6)9/h2-4,10H,1H3. The summed E-state index contributed by atoms with van der Waals surface area (Å²) < 4.78 is 25.0. The van der Waals surface area contributed by atoms with Crippen molar-refractivity contribution >= 4 is 13.9 Å². The van der Waals surface area contributed by atoms with Crippen LogP contribution in [0.5, 0.6) is 0 Å². The van der Waals surface area contributed by atoms with Crippen molar-refractivity contribution in [2.45, 2.75) is 0 Å². The number of rotatable bonds is 1. The first-order valence-corrected chi connectivity index (χ1v) is 4.37. The molecule has 0 saturated carbocycles. The molecule has 0 fully saturated rings. The fourth-order valence-electron chi connectivity index (χ4n) is 0.697. The van der Waals surface area contributed by atoms with Gasteiger partial charge in [0.1, 0.15) is 0 Å². The smallest absolute Gasteiger partial charge is 0.166 e. The Balaban J connectivity index is 3.14. The van der Waals surface area contributed by atoms with Gasteiger partial charge in [0.2, 0.25) is 0 Å². The van der Waals surface area contributed by atoms with Gasteiger partial charge in [0.15, 0.2) is 11.6 Å². The Hall–Kier alpha value is -0.490. The molecule has 1 aromatic carbocycles. The van der Waals surface area contributed by atoms with Gasteiger partial charge in [-0.1, -0.05) is 20.7 Å². The van der Waals surface area contributed by atoms with E-state index >= 15 is 0 Å². The predicted octanol–water partition coefficient (Wildman–Crippen LogP) is 1.90. The molecule has 0 aliphatic carbocycles. The largest absolute Gasteiger partial charge is 0.204 e. The molecule has 1 unspecified atom stereocenters. The van der Waals surface area contributed by atoms with E-state index < -0.39 is 11.6 Å². The second-order valence-corrected chi connectivity index (χ2v) is 2.89. The van der Waals surface area contributed by atoms with Gasteiger partial charge in [-0.3, -0.25) is 0 Å². The first-order chi connectivity index (χ1) is 4.75. The van der Waals surface area contributed by atoms with Gasteiger partial charge in [0, 0.05) is 5.30 Å². The molecular formula is C7H7F2P. The van der Waals surface area contributed by atoms with Crippen LogP contribution in [0.15, 0.2) is 18.2 Å². The van der Waals surface area contributed by atoms with Crippen molar-refractivity contribution in [2.75, 3.05) is 6.66 Å². The van der Waals surface area contributed by atoms with Crippen LogP contribution in [0.2, 0.25) is 0 Å². The van der Waals surface area contributed by atoms with Gasteiger partial charge in [0.05, 0.1) is 0 Å². The zero-order valence-electron chi connectivity index (χ0n) is 5.49. The highest BCUT2D eigenvalue weighted by atomic mass is 31.1. The van der Waals surface area contributed by atoms with Gasteiger partial charge in [-0.25, -0.2) is 8.78 Å². The monoisotopic (exact) mass is 160 g/mol. The van der Waals surface area contributed by atoms with Crippen LogP contribution in [0, 0.1) is 11.6 Å². The van der Waals surface area contributed by atoms with Crippen molar-refractivity contribution in [2.24, 2.45) is 0 Å². The van der Waals surface area contributed by atoms with Crippen molar-refractivity contribution < 1.29 is 8.78 Å². The Morgan fingerprint density at radius 2 is 2.00 bits per heavy atom. The molecule has 0 bridgehead atoms. The molecule has 0 saturated heterocycles. The fraction of sp³-hybridized carbons (Fsp3) is 0.143. The van der Waals surface area contributed by atoms with Crippen molar-refractivity contribution in [3.63, 3.8) is 0 Å². The van der Waals surface area contributed by atoms with Gasteiger partial charge in [-0.2, -0.15) is 0 Å². The zero-order chi connectivity index (χ0) is 7.56. The minimum absolute atomic E-state index is 0.310. The Kier molecular flexibility index (Phi) is 2.34. The van der Waals surface area contributed by atoms with Gasteiger partial charge >= 0.3 is 0 Å². The Morgan fingerprint density at radius 1 is 1.30 bits per heavy atom. The fourth-order valence-corrected chi connectivity index (χ4v) is 1.30. The molecule has 0 radical (unpaired) electrons. The maximum absolute atomic E-state index is 12.6. The summed E-state index contributed by atoms with van der Waals surface area (Å²) in [5, 5.41) is 0.458. The zero-order valence-corrected chi connectivity index (χ0v) is 6.49. The lowest BCUT2D eigenvalue weighted by Gasteiger charge is -1.97. The van der Waals surface area contributed by atoms with E-state index in [-0.39, 0.29) is 0 Å². The molecule has 1 aromatic rings. The lowest BCUT2D eigenvalue weighted by molar-refractivity contribution is 0.514. The minimum Gasteiger partial charge on any atom is -0.204 e. The molecule has 10 heavy (non-hydrogen) atoms. The molecule has 0 N–H and O–H groups in total. The molecular weight excluding hydrogens is 153 g/mol. The highest BCUT2D eigenvalue weighted by molar-refractivity contribution is 7.46. The summed E-state index contributed by atoms with van der Waals surface area (Å²) in [7, 11) is 0.310. The summed E-state index contributed by atoms with van der Waals surface area (Å²) in [5.41, 5.74) is 0. The Bertz CT molecular complexity index is 235. The van der Waals surface area contributed by atoms with E-state index in [2.05, 4.69) is 0 Å². The summed E-state index contributed by atoms with van der Waals surface area (Å²) in [6.07, 6.45) is 0. The van der Waals surface area contributed by atoms with Crippen LogP contribution in [-0.4, -0.2) is 6.66 Å². The van der Waals surface area contributed by atoms with Crippen molar-refractivity contribution in [1.29, 1.82) is 0 Å². The highest BCUT2D eigenvalue weighted by Gasteiger charge is 2.03. The van der Waals surface area contributed by atoms with E-state index in [1.807, 2.05) is 6.66 Å².